The number of methoxy groups -OCH3 is 1. The van der Waals surface area contributed by atoms with Crippen LogP contribution in [-0.4, -0.2) is 28.2 Å². The Hall–Kier alpha value is -0.470. The number of rotatable bonds is 6. The first-order valence-corrected chi connectivity index (χ1v) is 7.68. The van der Waals surface area contributed by atoms with E-state index in [0.717, 1.165) is 5.56 Å². The maximum atomic E-state index is 12.1. The minimum absolute atomic E-state index is 0.197. The third-order valence-electron chi connectivity index (χ3n) is 2.29. The number of halogens is 1. The fourth-order valence-electron chi connectivity index (χ4n) is 1.50. The van der Waals surface area contributed by atoms with Gasteiger partial charge in [-0.3, -0.25) is 0 Å². The first-order valence-electron chi connectivity index (χ1n) is 5.40. The van der Waals surface area contributed by atoms with E-state index in [9.17, 15) is 8.42 Å². The molecule has 0 bridgehead atoms. The van der Waals surface area contributed by atoms with Gasteiger partial charge in [-0.1, -0.05) is 6.07 Å². The maximum Gasteiger partial charge on any atom is 0.242 e. The van der Waals surface area contributed by atoms with Gasteiger partial charge in [0, 0.05) is 24.2 Å². The molecule has 5 nitrogen and oxygen atoms in total. The standard InChI is InChI=1S/C11H17BrN2O3S/c1-8(7-17-2)14-18(15,16)11-4-3-9(6-13)5-10(11)12/h3-5,8,14H,6-7,13H2,1-2H3. The van der Waals surface area contributed by atoms with Crippen LogP contribution in [0.1, 0.15) is 12.5 Å². The molecule has 1 aromatic rings. The van der Waals surface area contributed by atoms with Gasteiger partial charge in [0.25, 0.3) is 0 Å². The predicted octanol–water partition coefficient (Wildman–Crippen LogP) is 1.22. The van der Waals surface area contributed by atoms with Crippen LogP contribution in [0.5, 0.6) is 0 Å². The van der Waals surface area contributed by atoms with Crippen LogP contribution >= 0.6 is 15.9 Å². The number of sulfonamides is 1. The summed E-state index contributed by atoms with van der Waals surface area (Å²) in [6.07, 6.45) is 0. The topological polar surface area (TPSA) is 81.4 Å². The lowest BCUT2D eigenvalue weighted by Gasteiger charge is -2.14. The summed E-state index contributed by atoms with van der Waals surface area (Å²) in [4.78, 5) is 0.197. The Bertz CT molecular complexity index is 505. The van der Waals surface area contributed by atoms with E-state index in [2.05, 4.69) is 20.7 Å². The summed E-state index contributed by atoms with van der Waals surface area (Å²) in [5.74, 6) is 0. The van der Waals surface area contributed by atoms with E-state index in [1.165, 1.54) is 13.2 Å². The van der Waals surface area contributed by atoms with E-state index in [4.69, 9.17) is 10.5 Å². The molecule has 0 aliphatic carbocycles. The van der Waals surface area contributed by atoms with Gasteiger partial charge < -0.3 is 10.5 Å². The molecule has 0 saturated carbocycles. The van der Waals surface area contributed by atoms with Gasteiger partial charge in [-0.2, -0.15) is 0 Å². The molecule has 0 aromatic heterocycles. The normalized spacial score (nSPS) is 13.6. The van der Waals surface area contributed by atoms with Crippen molar-refractivity contribution in [2.75, 3.05) is 13.7 Å². The van der Waals surface area contributed by atoms with Crippen molar-refractivity contribution in [3.05, 3.63) is 28.2 Å². The van der Waals surface area contributed by atoms with Gasteiger partial charge in [0.1, 0.15) is 0 Å². The summed E-state index contributed by atoms with van der Waals surface area (Å²) < 4.78 is 32.2. The second kappa shape index (κ2) is 6.63. The molecule has 0 aliphatic rings. The Kier molecular flexibility index (Phi) is 5.74. The van der Waals surface area contributed by atoms with E-state index < -0.39 is 10.0 Å². The third kappa shape index (κ3) is 4.03. The molecule has 102 valence electrons. The highest BCUT2D eigenvalue weighted by molar-refractivity contribution is 9.10. The Morgan fingerprint density at radius 3 is 2.67 bits per heavy atom. The molecular weight excluding hydrogens is 320 g/mol. The van der Waals surface area contributed by atoms with Gasteiger partial charge >= 0.3 is 0 Å². The van der Waals surface area contributed by atoms with Crippen molar-refractivity contribution in [3.63, 3.8) is 0 Å². The summed E-state index contributed by atoms with van der Waals surface area (Å²) in [6, 6.07) is 4.64. The summed E-state index contributed by atoms with van der Waals surface area (Å²) in [6.45, 7) is 2.42. The number of hydrogen-bond acceptors (Lipinski definition) is 4. The van der Waals surface area contributed by atoms with Crippen molar-refractivity contribution < 1.29 is 13.2 Å². The van der Waals surface area contributed by atoms with Crippen LogP contribution in [0.25, 0.3) is 0 Å². The molecule has 3 N–H and O–H groups in total. The Labute approximate surface area is 116 Å². The first-order chi connectivity index (χ1) is 8.40. The monoisotopic (exact) mass is 336 g/mol. The molecule has 18 heavy (non-hydrogen) atoms. The Morgan fingerprint density at radius 2 is 2.17 bits per heavy atom. The Morgan fingerprint density at radius 1 is 1.50 bits per heavy atom. The van der Waals surface area contributed by atoms with Crippen molar-refractivity contribution >= 4 is 26.0 Å². The zero-order chi connectivity index (χ0) is 13.8. The van der Waals surface area contributed by atoms with Gasteiger partial charge in [-0.25, -0.2) is 13.1 Å². The second-order valence-electron chi connectivity index (χ2n) is 3.95. The summed E-state index contributed by atoms with van der Waals surface area (Å²) in [7, 11) is -2.03. The quantitative estimate of drug-likeness (QED) is 0.818. The average Bonchev–Trinajstić information content (AvgIpc) is 2.27. The lowest BCUT2D eigenvalue weighted by molar-refractivity contribution is 0.180. The zero-order valence-electron chi connectivity index (χ0n) is 10.3. The van der Waals surface area contributed by atoms with Crippen molar-refractivity contribution in [2.45, 2.75) is 24.4 Å². The van der Waals surface area contributed by atoms with E-state index in [1.807, 2.05) is 0 Å². The van der Waals surface area contributed by atoms with Crippen LogP contribution < -0.4 is 10.5 Å². The fourth-order valence-corrected chi connectivity index (χ4v) is 3.85. The van der Waals surface area contributed by atoms with Crippen molar-refractivity contribution in [2.24, 2.45) is 5.73 Å². The number of benzene rings is 1. The number of ether oxygens (including phenoxy) is 1. The van der Waals surface area contributed by atoms with Gasteiger partial charge in [-0.05, 0) is 40.5 Å². The molecule has 1 rings (SSSR count). The van der Waals surface area contributed by atoms with Crippen LogP contribution in [0.3, 0.4) is 0 Å². The van der Waals surface area contributed by atoms with E-state index in [0.29, 0.717) is 17.6 Å². The van der Waals surface area contributed by atoms with E-state index >= 15 is 0 Å². The average molecular weight is 337 g/mol. The molecule has 0 fully saturated rings. The lowest BCUT2D eigenvalue weighted by Crippen LogP contribution is -2.35. The van der Waals surface area contributed by atoms with Crippen LogP contribution in [0.2, 0.25) is 0 Å². The largest absolute Gasteiger partial charge is 0.383 e. The first kappa shape index (κ1) is 15.6. The molecule has 1 aromatic carbocycles. The summed E-state index contributed by atoms with van der Waals surface area (Å²) in [5, 5.41) is 0. The second-order valence-corrected chi connectivity index (χ2v) is 6.48. The molecular formula is C11H17BrN2O3S. The van der Waals surface area contributed by atoms with Crippen molar-refractivity contribution in [1.29, 1.82) is 0 Å². The van der Waals surface area contributed by atoms with Gasteiger partial charge in [0.2, 0.25) is 10.0 Å². The lowest BCUT2D eigenvalue weighted by atomic mass is 10.2. The van der Waals surface area contributed by atoms with Gasteiger partial charge in [-0.15, -0.1) is 0 Å². The van der Waals surface area contributed by atoms with E-state index in [-0.39, 0.29) is 10.9 Å². The fraction of sp³-hybridized carbons (Fsp3) is 0.455. The van der Waals surface area contributed by atoms with Crippen LogP contribution in [0, 0.1) is 0 Å². The molecule has 0 aliphatic heterocycles. The summed E-state index contributed by atoms with van der Waals surface area (Å²) in [5.41, 5.74) is 6.36. The highest BCUT2D eigenvalue weighted by Crippen LogP contribution is 2.23. The van der Waals surface area contributed by atoms with Gasteiger partial charge in [0.15, 0.2) is 0 Å². The molecule has 0 heterocycles. The minimum atomic E-state index is -3.56. The molecule has 7 heteroatoms. The molecule has 0 amide bonds. The van der Waals surface area contributed by atoms with Crippen molar-refractivity contribution in [1.82, 2.24) is 4.72 Å². The van der Waals surface area contributed by atoms with Crippen LogP contribution in [0.15, 0.2) is 27.6 Å². The van der Waals surface area contributed by atoms with Crippen LogP contribution in [0.4, 0.5) is 0 Å². The zero-order valence-corrected chi connectivity index (χ0v) is 12.7. The third-order valence-corrected chi connectivity index (χ3v) is 4.86. The van der Waals surface area contributed by atoms with Crippen LogP contribution in [-0.2, 0) is 21.3 Å². The smallest absolute Gasteiger partial charge is 0.242 e. The van der Waals surface area contributed by atoms with E-state index in [1.54, 1.807) is 19.1 Å². The number of nitrogens with two attached hydrogens (primary N) is 1. The molecule has 0 radical (unpaired) electrons. The number of nitrogens with one attached hydrogen (secondary N) is 1. The molecule has 1 unspecified atom stereocenters. The molecule has 0 spiro atoms. The highest BCUT2D eigenvalue weighted by Gasteiger charge is 2.20. The summed E-state index contributed by atoms with van der Waals surface area (Å²) >= 11 is 3.25. The van der Waals surface area contributed by atoms with Gasteiger partial charge in [0.05, 0.1) is 11.5 Å². The maximum absolute atomic E-state index is 12.1. The predicted molar refractivity (Wildman–Crippen MR) is 73.7 cm³/mol. The molecule has 0 saturated heterocycles. The van der Waals surface area contributed by atoms with Crippen molar-refractivity contribution in [3.8, 4) is 0 Å². The highest BCUT2D eigenvalue weighted by atomic mass is 79.9. The Balaban J connectivity index is 2.98. The molecule has 1 atom stereocenters. The minimum Gasteiger partial charge on any atom is -0.383 e. The number of hydrogen-bond donors (Lipinski definition) is 2. The SMILES string of the molecule is COCC(C)NS(=O)(=O)c1ccc(CN)cc1Br.